The highest BCUT2D eigenvalue weighted by Crippen LogP contribution is 2.13. The molecule has 2 aromatic rings. The van der Waals surface area contributed by atoms with Gasteiger partial charge < -0.3 is 24.4 Å². The lowest BCUT2D eigenvalue weighted by Gasteiger charge is -2.22. The van der Waals surface area contributed by atoms with Gasteiger partial charge in [0.2, 0.25) is 0 Å². The molecule has 2 aromatic carbocycles. The maximum Gasteiger partial charge on any atom is 0.118 e. The van der Waals surface area contributed by atoms with E-state index < -0.39 is 12.2 Å². The fourth-order valence-electron chi connectivity index (χ4n) is 2.41. The monoisotopic (exact) mass is 346 g/mol. The first-order chi connectivity index (χ1) is 12.1. The molecule has 0 amide bonds. The molecule has 25 heavy (non-hydrogen) atoms. The van der Waals surface area contributed by atoms with Gasteiger partial charge in [-0.05, 0) is 30.2 Å². The van der Waals surface area contributed by atoms with E-state index in [1.165, 1.54) is 0 Å². The van der Waals surface area contributed by atoms with Crippen molar-refractivity contribution in [1.29, 1.82) is 0 Å². The van der Waals surface area contributed by atoms with Gasteiger partial charge in [0.15, 0.2) is 0 Å². The Kier molecular flexibility index (Phi) is 7.88. The van der Waals surface area contributed by atoms with Gasteiger partial charge in [0, 0.05) is 0 Å². The zero-order chi connectivity index (χ0) is 18.1. The summed E-state index contributed by atoms with van der Waals surface area (Å²) in [6, 6.07) is 15.6. The number of ether oxygens (including phenoxy) is 3. The molecule has 2 N–H and O–H groups in total. The quantitative estimate of drug-likeness (QED) is 0.692. The minimum Gasteiger partial charge on any atom is -0.497 e. The Hall–Kier alpha value is -1.92. The number of hydrogen-bond donors (Lipinski definition) is 2. The van der Waals surface area contributed by atoms with Crippen LogP contribution >= 0.6 is 0 Å². The molecule has 2 rings (SSSR count). The van der Waals surface area contributed by atoms with Crippen molar-refractivity contribution in [2.75, 3.05) is 20.3 Å². The molecule has 0 saturated carbocycles. The number of benzene rings is 2. The zero-order valence-corrected chi connectivity index (χ0v) is 14.7. The Labute approximate surface area is 148 Å². The van der Waals surface area contributed by atoms with Crippen LogP contribution in [0.5, 0.6) is 5.75 Å². The normalized spacial score (nSPS) is 13.4. The molecule has 0 radical (unpaired) electrons. The van der Waals surface area contributed by atoms with Crippen LogP contribution < -0.4 is 4.74 Å². The van der Waals surface area contributed by atoms with E-state index in [2.05, 4.69) is 0 Å². The van der Waals surface area contributed by atoms with Crippen molar-refractivity contribution in [3.05, 3.63) is 65.2 Å². The molecule has 0 heterocycles. The molecule has 0 aliphatic rings. The summed E-state index contributed by atoms with van der Waals surface area (Å²) in [4.78, 5) is 0. The molecule has 0 saturated heterocycles. The standard InChI is InChI=1S/C20H26O5/c1-15-4-3-5-17(10-15)13-25-20(19(22)11-21)14-24-12-16-6-8-18(23-2)9-7-16/h3-10,19-22H,11-14H2,1-2H3/t19-,20+/m1/s1. The number of rotatable bonds is 10. The van der Waals surface area contributed by atoms with Crippen molar-refractivity contribution in [3.63, 3.8) is 0 Å². The maximum absolute atomic E-state index is 9.94. The molecular formula is C20H26O5. The Bertz CT molecular complexity index is 626. The van der Waals surface area contributed by atoms with E-state index in [-0.39, 0.29) is 13.2 Å². The second kappa shape index (κ2) is 10.2. The lowest BCUT2D eigenvalue weighted by atomic mass is 10.1. The molecule has 0 aliphatic heterocycles. The fourth-order valence-corrected chi connectivity index (χ4v) is 2.41. The minimum atomic E-state index is -0.985. The van der Waals surface area contributed by atoms with E-state index in [0.717, 1.165) is 22.4 Å². The van der Waals surface area contributed by atoms with Crippen LogP contribution in [0.25, 0.3) is 0 Å². The molecule has 5 nitrogen and oxygen atoms in total. The van der Waals surface area contributed by atoms with Crippen molar-refractivity contribution >= 4 is 0 Å². The van der Waals surface area contributed by atoms with E-state index in [9.17, 15) is 10.2 Å². The van der Waals surface area contributed by atoms with Gasteiger partial charge in [0.1, 0.15) is 18.0 Å². The lowest BCUT2D eigenvalue weighted by Crippen LogP contribution is -2.36. The number of aliphatic hydroxyl groups is 2. The van der Waals surface area contributed by atoms with E-state index in [1.807, 2.05) is 55.5 Å². The molecule has 0 bridgehead atoms. The van der Waals surface area contributed by atoms with Crippen LogP contribution in [0, 0.1) is 6.92 Å². The smallest absolute Gasteiger partial charge is 0.118 e. The highest BCUT2D eigenvalue weighted by atomic mass is 16.5. The molecule has 0 spiro atoms. The summed E-state index contributed by atoms with van der Waals surface area (Å²) in [5, 5.41) is 19.2. The summed E-state index contributed by atoms with van der Waals surface area (Å²) in [6.07, 6.45) is -1.58. The van der Waals surface area contributed by atoms with Crippen LogP contribution in [-0.4, -0.2) is 42.7 Å². The topological polar surface area (TPSA) is 68.2 Å². The highest BCUT2D eigenvalue weighted by Gasteiger charge is 2.19. The zero-order valence-electron chi connectivity index (χ0n) is 14.7. The minimum absolute atomic E-state index is 0.194. The third-order valence-electron chi connectivity index (χ3n) is 3.87. The van der Waals surface area contributed by atoms with Crippen LogP contribution in [0.15, 0.2) is 48.5 Å². The third-order valence-corrected chi connectivity index (χ3v) is 3.87. The highest BCUT2D eigenvalue weighted by molar-refractivity contribution is 5.26. The SMILES string of the molecule is COc1ccc(COC[C@H](OCc2cccc(C)c2)[C@H](O)CO)cc1. The summed E-state index contributed by atoms with van der Waals surface area (Å²) >= 11 is 0. The van der Waals surface area contributed by atoms with Crippen molar-refractivity contribution in [3.8, 4) is 5.75 Å². The number of methoxy groups -OCH3 is 1. The van der Waals surface area contributed by atoms with Gasteiger partial charge in [-0.15, -0.1) is 0 Å². The third kappa shape index (κ3) is 6.48. The van der Waals surface area contributed by atoms with E-state index in [4.69, 9.17) is 14.2 Å². The van der Waals surface area contributed by atoms with Gasteiger partial charge in [-0.25, -0.2) is 0 Å². The van der Waals surface area contributed by atoms with Gasteiger partial charge in [0.25, 0.3) is 0 Å². The van der Waals surface area contributed by atoms with E-state index in [1.54, 1.807) is 7.11 Å². The molecule has 2 atom stereocenters. The molecular weight excluding hydrogens is 320 g/mol. The largest absolute Gasteiger partial charge is 0.497 e. The second-order valence-corrected chi connectivity index (χ2v) is 5.95. The summed E-state index contributed by atoms with van der Waals surface area (Å²) in [5.74, 6) is 0.791. The van der Waals surface area contributed by atoms with Gasteiger partial charge >= 0.3 is 0 Å². The number of aliphatic hydroxyl groups excluding tert-OH is 2. The Balaban J connectivity index is 1.84. The summed E-state index contributed by atoms with van der Waals surface area (Å²) < 4.78 is 16.5. The average Bonchev–Trinajstić information content (AvgIpc) is 2.64. The van der Waals surface area contributed by atoms with Crippen molar-refractivity contribution in [2.24, 2.45) is 0 Å². The first kappa shape index (κ1) is 19.4. The fraction of sp³-hybridized carbons (Fsp3) is 0.400. The summed E-state index contributed by atoms with van der Waals surface area (Å²) in [7, 11) is 1.62. The van der Waals surface area contributed by atoms with Crippen molar-refractivity contribution < 1.29 is 24.4 Å². The molecule has 0 fully saturated rings. The summed E-state index contributed by atoms with van der Waals surface area (Å²) in [5.41, 5.74) is 3.16. The average molecular weight is 346 g/mol. The second-order valence-electron chi connectivity index (χ2n) is 5.95. The van der Waals surface area contributed by atoms with Gasteiger partial charge in [0.05, 0.1) is 33.5 Å². The Morgan fingerprint density at radius 1 is 1.00 bits per heavy atom. The first-order valence-electron chi connectivity index (χ1n) is 8.29. The molecule has 0 aromatic heterocycles. The maximum atomic E-state index is 9.94. The van der Waals surface area contributed by atoms with Crippen LogP contribution in [0.2, 0.25) is 0 Å². The van der Waals surface area contributed by atoms with Crippen molar-refractivity contribution in [2.45, 2.75) is 32.3 Å². The number of aryl methyl sites for hydroxylation is 1. The van der Waals surface area contributed by atoms with Crippen LogP contribution in [-0.2, 0) is 22.7 Å². The van der Waals surface area contributed by atoms with Crippen LogP contribution in [0.1, 0.15) is 16.7 Å². The Morgan fingerprint density at radius 2 is 1.76 bits per heavy atom. The molecule has 0 aliphatic carbocycles. The van der Waals surface area contributed by atoms with Gasteiger partial charge in [-0.2, -0.15) is 0 Å². The van der Waals surface area contributed by atoms with Gasteiger partial charge in [-0.3, -0.25) is 0 Å². The van der Waals surface area contributed by atoms with E-state index in [0.29, 0.717) is 13.2 Å². The first-order valence-corrected chi connectivity index (χ1v) is 8.29. The Morgan fingerprint density at radius 3 is 2.40 bits per heavy atom. The molecule has 136 valence electrons. The lowest BCUT2D eigenvalue weighted by molar-refractivity contribution is -0.102. The number of hydrogen-bond acceptors (Lipinski definition) is 5. The van der Waals surface area contributed by atoms with Crippen LogP contribution in [0.3, 0.4) is 0 Å². The predicted octanol–water partition coefficient (Wildman–Crippen LogP) is 2.46. The van der Waals surface area contributed by atoms with Gasteiger partial charge in [-0.1, -0.05) is 42.0 Å². The summed E-state index contributed by atoms with van der Waals surface area (Å²) in [6.45, 7) is 2.59. The van der Waals surface area contributed by atoms with Crippen LogP contribution in [0.4, 0.5) is 0 Å². The molecule has 5 heteroatoms. The van der Waals surface area contributed by atoms with E-state index >= 15 is 0 Å². The predicted molar refractivity (Wildman–Crippen MR) is 95.5 cm³/mol. The molecule has 0 unspecified atom stereocenters. The van der Waals surface area contributed by atoms with Crippen molar-refractivity contribution in [1.82, 2.24) is 0 Å².